The topological polar surface area (TPSA) is 58.6 Å². The first-order valence-electron chi connectivity index (χ1n) is 3.38. The first-order chi connectivity index (χ1) is 6.16. The Bertz CT molecular complexity index is 523. The molecule has 0 bridgehead atoms. The van der Waals surface area contributed by atoms with Crippen molar-refractivity contribution in [1.29, 1.82) is 0 Å². The quantitative estimate of drug-likeness (QED) is 0.537. The van der Waals surface area contributed by atoms with Crippen LogP contribution in [0.15, 0.2) is 17.1 Å². The molecule has 0 fully saturated rings. The standard InChI is InChI=1S/C7H3Cl2N3O/c8-5-1-3-4(2-10-5)11-7(9)12-6(3)13/h1-2H,(H,11,12,13). The van der Waals surface area contributed by atoms with Gasteiger partial charge in [-0.15, -0.1) is 0 Å². The highest BCUT2D eigenvalue weighted by molar-refractivity contribution is 6.30. The Hall–Kier alpha value is -1.13. The zero-order valence-electron chi connectivity index (χ0n) is 6.21. The third-order valence-electron chi connectivity index (χ3n) is 1.53. The summed E-state index contributed by atoms with van der Waals surface area (Å²) in [6.45, 7) is 0. The van der Waals surface area contributed by atoms with Gasteiger partial charge >= 0.3 is 0 Å². The Balaban J connectivity index is 2.95. The molecule has 0 radical (unpaired) electrons. The Morgan fingerprint density at radius 3 is 2.92 bits per heavy atom. The van der Waals surface area contributed by atoms with Gasteiger partial charge in [-0.3, -0.25) is 9.78 Å². The van der Waals surface area contributed by atoms with E-state index in [-0.39, 0.29) is 16.0 Å². The maximum Gasteiger partial charge on any atom is 0.259 e. The summed E-state index contributed by atoms with van der Waals surface area (Å²) >= 11 is 11.1. The van der Waals surface area contributed by atoms with Crippen LogP contribution in [0.1, 0.15) is 0 Å². The summed E-state index contributed by atoms with van der Waals surface area (Å²) in [5.74, 6) is 0. The fourth-order valence-corrected chi connectivity index (χ4v) is 1.32. The molecule has 0 amide bonds. The van der Waals surface area contributed by atoms with Gasteiger partial charge in [0.05, 0.1) is 17.1 Å². The number of aromatic nitrogens is 3. The number of fused-ring (bicyclic) bond motifs is 1. The molecule has 0 aliphatic heterocycles. The lowest BCUT2D eigenvalue weighted by Gasteiger charge is -1.96. The van der Waals surface area contributed by atoms with Crippen molar-refractivity contribution < 1.29 is 0 Å². The number of hydrogen-bond acceptors (Lipinski definition) is 3. The van der Waals surface area contributed by atoms with Gasteiger partial charge in [0.25, 0.3) is 5.56 Å². The molecule has 0 atom stereocenters. The Morgan fingerprint density at radius 1 is 1.38 bits per heavy atom. The lowest BCUT2D eigenvalue weighted by atomic mass is 10.3. The van der Waals surface area contributed by atoms with Gasteiger partial charge in [0, 0.05) is 0 Å². The smallest absolute Gasteiger partial charge is 0.259 e. The largest absolute Gasteiger partial charge is 0.297 e. The van der Waals surface area contributed by atoms with Crippen LogP contribution in [0.3, 0.4) is 0 Å². The van der Waals surface area contributed by atoms with E-state index in [2.05, 4.69) is 15.0 Å². The van der Waals surface area contributed by atoms with Crippen molar-refractivity contribution in [1.82, 2.24) is 15.0 Å². The molecule has 13 heavy (non-hydrogen) atoms. The van der Waals surface area contributed by atoms with Crippen LogP contribution in [0, 0.1) is 0 Å². The van der Waals surface area contributed by atoms with E-state index in [1.165, 1.54) is 12.3 Å². The molecule has 6 heteroatoms. The third kappa shape index (κ3) is 1.50. The van der Waals surface area contributed by atoms with Crippen molar-refractivity contribution in [2.75, 3.05) is 0 Å². The average molecular weight is 216 g/mol. The van der Waals surface area contributed by atoms with Gasteiger partial charge in [0.2, 0.25) is 5.28 Å². The SMILES string of the molecule is O=c1[nH]c(Cl)nc2cnc(Cl)cc12. The molecule has 0 aromatic carbocycles. The van der Waals surface area contributed by atoms with Gasteiger partial charge in [-0.25, -0.2) is 9.97 Å². The molecule has 0 saturated heterocycles. The highest BCUT2D eigenvalue weighted by atomic mass is 35.5. The van der Waals surface area contributed by atoms with Crippen molar-refractivity contribution in [3.8, 4) is 0 Å². The molecule has 2 aromatic rings. The van der Waals surface area contributed by atoms with E-state index in [1.807, 2.05) is 0 Å². The zero-order chi connectivity index (χ0) is 9.42. The van der Waals surface area contributed by atoms with Gasteiger partial charge in [0.1, 0.15) is 5.15 Å². The van der Waals surface area contributed by atoms with E-state index in [0.717, 1.165) is 0 Å². The number of aromatic amines is 1. The lowest BCUT2D eigenvalue weighted by molar-refractivity contribution is 1.16. The zero-order valence-corrected chi connectivity index (χ0v) is 7.73. The minimum Gasteiger partial charge on any atom is -0.297 e. The second kappa shape index (κ2) is 2.97. The number of pyridine rings is 1. The summed E-state index contributed by atoms with van der Waals surface area (Å²) < 4.78 is 0. The molecule has 66 valence electrons. The van der Waals surface area contributed by atoms with Gasteiger partial charge in [-0.1, -0.05) is 11.6 Å². The molecule has 2 aromatic heterocycles. The number of halogens is 2. The van der Waals surface area contributed by atoms with E-state index in [1.54, 1.807) is 0 Å². The van der Waals surface area contributed by atoms with Gasteiger partial charge in [-0.05, 0) is 17.7 Å². The molecule has 4 nitrogen and oxygen atoms in total. The van der Waals surface area contributed by atoms with Crippen LogP contribution in [0.4, 0.5) is 0 Å². The molecule has 0 saturated carbocycles. The number of nitrogens with zero attached hydrogens (tertiary/aromatic N) is 2. The number of H-pyrrole nitrogens is 1. The fourth-order valence-electron chi connectivity index (χ4n) is 0.988. The summed E-state index contributed by atoms with van der Waals surface area (Å²) in [5, 5.41) is 0.674. The van der Waals surface area contributed by atoms with Crippen LogP contribution < -0.4 is 5.56 Å². The van der Waals surface area contributed by atoms with Gasteiger partial charge < -0.3 is 0 Å². The number of rotatable bonds is 0. The van der Waals surface area contributed by atoms with Crippen LogP contribution in [0.2, 0.25) is 10.4 Å². The fraction of sp³-hybridized carbons (Fsp3) is 0. The number of nitrogens with one attached hydrogen (secondary N) is 1. The van der Waals surface area contributed by atoms with Crippen molar-refractivity contribution >= 4 is 34.1 Å². The lowest BCUT2D eigenvalue weighted by Crippen LogP contribution is -2.07. The predicted octanol–water partition coefficient (Wildman–Crippen LogP) is 1.62. The monoisotopic (exact) mass is 215 g/mol. The first kappa shape index (κ1) is 8.47. The van der Waals surface area contributed by atoms with Crippen molar-refractivity contribution in [2.45, 2.75) is 0 Å². The normalized spacial score (nSPS) is 10.6. The second-order valence-corrected chi connectivity index (χ2v) is 3.13. The van der Waals surface area contributed by atoms with Gasteiger partial charge in [0.15, 0.2) is 0 Å². The summed E-state index contributed by atoms with van der Waals surface area (Å²) in [5.41, 5.74) is 0.109. The molecule has 1 N–H and O–H groups in total. The first-order valence-corrected chi connectivity index (χ1v) is 4.13. The van der Waals surface area contributed by atoms with Crippen molar-refractivity contribution in [3.05, 3.63) is 33.1 Å². The minimum absolute atomic E-state index is 0.0432. The molecular formula is C7H3Cl2N3O. The van der Waals surface area contributed by atoms with Crippen molar-refractivity contribution in [2.24, 2.45) is 0 Å². The van der Waals surface area contributed by atoms with E-state index >= 15 is 0 Å². The highest BCUT2D eigenvalue weighted by Crippen LogP contribution is 2.11. The van der Waals surface area contributed by atoms with Crippen molar-refractivity contribution in [3.63, 3.8) is 0 Å². The van der Waals surface area contributed by atoms with E-state index in [4.69, 9.17) is 23.2 Å². The Morgan fingerprint density at radius 2 is 2.15 bits per heavy atom. The molecule has 0 unspecified atom stereocenters. The summed E-state index contributed by atoms with van der Waals surface area (Å²) in [6, 6.07) is 1.44. The average Bonchev–Trinajstić information content (AvgIpc) is 2.06. The van der Waals surface area contributed by atoms with Crippen LogP contribution in [0.25, 0.3) is 10.9 Å². The summed E-state index contributed by atoms with van der Waals surface area (Å²) in [6.07, 6.45) is 1.40. The molecule has 2 heterocycles. The second-order valence-electron chi connectivity index (χ2n) is 2.38. The molecule has 0 aliphatic rings. The summed E-state index contributed by atoms with van der Waals surface area (Å²) in [7, 11) is 0. The summed E-state index contributed by atoms with van der Waals surface area (Å²) in [4.78, 5) is 21.3. The molecule has 0 aliphatic carbocycles. The maximum absolute atomic E-state index is 11.3. The molecule has 2 rings (SSSR count). The number of hydrogen-bond donors (Lipinski definition) is 1. The van der Waals surface area contributed by atoms with E-state index in [0.29, 0.717) is 10.9 Å². The third-order valence-corrected chi connectivity index (χ3v) is 1.92. The highest BCUT2D eigenvalue weighted by Gasteiger charge is 2.02. The Labute approximate surface area is 82.5 Å². The minimum atomic E-state index is -0.320. The maximum atomic E-state index is 11.3. The van der Waals surface area contributed by atoms with Crippen LogP contribution >= 0.6 is 23.2 Å². The van der Waals surface area contributed by atoms with Crippen LogP contribution in [-0.2, 0) is 0 Å². The van der Waals surface area contributed by atoms with Crippen LogP contribution in [-0.4, -0.2) is 15.0 Å². The van der Waals surface area contributed by atoms with Gasteiger partial charge in [-0.2, -0.15) is 0 Å². The molecule has 0 spiro atoms. The van der Waals surface area contributed by atoms with Crippen LogP contribution in [0.5, 0.6) is 0 Å². The van der Waals surface area contributed by atoms with E-state index in [9.17, 15) is 4.79 Å². The van der Waals surface area contributed by atoms with E-state index < -0.39 is 0 Å². The predicted molar refractivity (Wildman–Crippen MR) is 50.2 cm³/mol. The molecular weight excluding hydrogens is 213 g/mol. The Kier molecular flexibility index (Phi) is 1.94.